The molecular weight excluding hydrogens is 184 g/mol. The maximum Gasteiger partial charge on any atom is 0.269 e. The van der Waals surface area contributed by atoms with Crippen molar-refractivity contribution in [2.75, 3.05) is 0 Å². The van der Waals surface area contributed by atoms with E-state index in [1.165, 1.54) is 4.68 Å². The third kappa shape index (κ3) is 1.63. The number of aromatic nitrogens is 2. The molecule has 1 aromatic rings. The van der Waals surface area contributed by atoms with Crippen molar-refractivity contribution in [1.82, 2.24) is 9.78 Å². The van der Waals surface area contributed by atoms with Gasteiger partial charge in [0.2, 0.25) is 0 Å². The molecule has 1 rings (SSSR count). The van der Waals surface area contributed by atoms with Crippen molar-refractivity contribution < 1.29 is 4.79 Å². The second kappa shape index (κ2) is 3.99. The molecule has 2 N–H and O–H groups in total. The van der Waals surface area contributed by atoms with E-state index in [1.807, 2.05) is 6.92 Å². The van der Waals surface area contributed by atoms with E-state index in [9.17, 15) is 9.70 Å². The smallest absolute Gasteiger partial charge is 0.269 e. The molecular formula is C8H12N4O2. The molecule has 0 bridgehead atoms. The first-order chi connectivity index (χ1) is 6.61. The molecule has 0 saturated heterocycles. The van der Waals surface area contributed by atoms with Crippen LogP contribution in [0.1, 0.15) is 29.5 Å². The van der Waals surface area contributed by atoms with Crippen LogP contribution in [0.25, 0.3) is 0 Å². The molecule has 6 nitrogen and oxygen atoms in total. The highest BCUT2D eigenvalue weighted by atomic mass is 16.3. The number of amides is 1. The Kier molecular flexibility index (Phi) is 2.95. The molecule has 1 heterocycles. The summed E-state index contributed by atoms with van der Waals surface area (Å²) in [6.45, 7) is 1.95. The lowest BCUT2D eigenvalue weighted by atomic mass is 10.2. The zero-order valence-electron chi connectivity index (χ0n) is 8.15. The first kappa shape index (κ1) is 10.4. The summed E-state index contributed by atoms with van der Waals surface area (Å²) in [5.74, 6) is -0.683. The van der Waals surface area contributed by atoms with Crippen molar-refractivity contribution >= 4 is 11.6 Å². The van der Waals surface area contributed by atoms with E-state index >= 15 is 0 Å². The van der Waals surface area contributed by atoms with E-state index in [0.717, 1.165) is 6.42 Å². The minimum absolute atomic E-state index is 0.0712. The fourth-order valence-corrected chi connectivity index (χ4v) is 1.35. The van der Waals surface area contributed by atoms with E-state index < -0.39 is 5.91 Å². The summed E-state index contributed by atoms with van der Waals surface area (Å²) >= 11 is 0. The summed E-state index contributed by atoms with van der Waals surface area (Å²) in [5, 5.41) is 6.81. The average Bonchev–Trinajstić information content (AvgIpc) is 2.42. The summed E-state index contributed by atoms with van der Waals surface area (Å²) in [6.07, 6.45) is 1.44. The number of nitrogens with zero attached hydrogens (tertiary/aromatic N) is 3. The van der Waals surface area contributed by atoms with Crippen LogP contribution in [0.2, 0.25) is 0 Å². The number of primary amides is 1. The summed E-state index contributed by atoms with van der Waals surface area (Å²) in [5.41, 5.74) is 5.77. The number of aryl methyl sites for hydroxylation is 2. The van der Waals surface area contributed by atoms with E-state index in [2.05, 4.69) is 10.3 Å². The summed E-state index contributed by atoms with van der Waals surface area (Å²) < 4.78 is 1.30. The van der Waals surface area contributed by atoms with Gasteiger partial charge >= 0.3 is 0 Å². The van der Waals surface area contributed by atoms with Crippen LogP contribution in [-0.2, 0) is 13.5 Å². The topological polar surface area (TPSA) is 90.3 Å². The average molecular weight is 196 g/mol. The van der Waals surface area contributed by atoms with Gasteiger partial charge in [-0.15, -0.1) is 4.91 Å². The number of carbonyl (C=O) groups excluding carboxylic acids is 1. The van der Waals surface area contributed by atoms with Crippen LogP contribution in [0.4, 0.5) is 5.69 Å². The number of nitrogens with two attached hydrogens (primary N) is 1. The number of hydrogen-bond acceptors (Lipinski definition) is 4. The highest BCUT2D eigenvalue weighted by Gasteiger charge is 2.20. The van der Waals surface area contributed by atoms with Gasteiger partial charge in [0, 0.05) is 7.05 Å². The molecule has 0 unspecified atom stereocenters. The highest BCUT2D eigenvalue weighted by Crippen LogP contribution is 2.24. The lowest BCUT2D eigenvalue weighted by molar-refractivity contribution is 0.0992. The van der Waals surface area contributed by atoms with Gasteiger partial charge in [0.15, 0.2) is 11.4 Å². The molecule has 0 fully saturated rings. The van der Waals surface area contributed by atoms with Crippen LogP contribution < -0.4 is 5.73 Å². The van der Waals surface area contributed by atoms with Crippen LogP contribution in [-0.4, -0.2) is 15.7 Å². The van der Waals surface area contributed by atoms with Crippen LogP contribution in [0, 0.1) is 4.91 Å². The molecule has 0 aliphatic carbocycles. The molecule has 76 valence electrons. The lowest BCUT2D eigenvalue weighted by Crippen LogP contribution is -2.15. The predicted octanol–water partition coefficient (Wildman–Crippen LogP) is 0.869. The summed E-state index contributed by atoms with van der Waals surface area (Å²) in [6, 6.07) is 0. The Bertz CT molecular complexity index is 370. The second-order valence-corrected chi connectivity index (χ2v) is 2.97. The number of hydrogen-bond donors (Lipinski definition) is 1. The molecule has 0 spiro atoms. The second-order valence-electron chi connectivity index (χ2n) is 2.97. The minimum atomic E-state index is -0.683. The first-order valence-electron chi connectivity index (χ1n) is 4.30. The fourth-order valence-electron chi connectivity index (χ4n) is 1.35. The van der Waals surface area contributed by atoms with Gasteiger partial charge in [-0.05, 0) is 11.6 Å². The van der Waals surface area contributed by atoms with Gasteiger partial charge in [-0.3, -0.25) is 9.48 Å². The van der Waals surface area contributed by atoms with E-state index in [1.54, 1.807) is 7.05 Å². The van der Waals surface area contributed by atoms with Gasteiger partial charge in [-0.25, -0.2) is 0 Å². The lowest BCUT2D eigenvalue weighted by Gasteiger charge is -1.94. The van der Waals surface area contributed by atoms with Crippen molar-refractivity contribution in [2.24, 2.45) is 18.0 Å². The Morgan fingerprint density at radius 1 is 1.64 bits per heavy atom. The predicted molar refractivity (Wildman–Crippen MR) is 51.2 cm³/mol. The minimum Gasteiger partial charge on any atom is -0.364 e. The maximum atomic E-state index is 11.0. The van der Waals surface area contributed by atoms with E-state index in [4.69, 9.17) is 5.73 Å². The molecule has 1 aromatic heterocycles. The molecule has 1 amide bonds. The third-order valence-corrected chi connectivity index (χ3v) is 1.90. The SMILES string of the molecule is CCCc1nn(C)c(C(N)=O)c1N=O. The van der Waals surface area contributed by atoms with Crippen LogP contribution in [0.15, 0.2) is 5.18 Å². The van der Waals surface area contributed by atoms with Crippen LogP contribution in [0.5, 0.6) is 0 Å². The molecule has 0 aliphatic heterocycles. The van der Waals surface area contributed by atoms with Crippen molar-refractivity contribution in [1.29, 1.82) is 0 Å². The van der Waals surface area contributed by atoms with Crippen LogP contribution >= 0.6 is 0 Å². The zero-order chi connectivity index (χ0) is 10.7. The van der Waals surface area contributed by atoms with Crippen molar-refractivity contribution in [2.45, 2.75) is 19.8 Å². The van der Waals surface area contributed by atoms with Crippen LogP contribution in [0.3, 0.4) is 0 Å². The Morgan fingerprint density at radius 3 is 2.71 bits per heavy atom. The normalized spacial score (nSPS) is 10.1. The molecule has 6 heteroatoms. The summed E-state index contributed by atoms with van der Waals surface area (Å²) in [4.78, 5) is 21.5. The number of carbonyl (C=O) groups is 1. The van der Waals surface area contributed by atoms with Gasteiger partial charge in [-0.2, -0.15) is 5.10 Å². The molecule has 0 aromatic carbocycles. The Hall–Kier alpha value is -1.72. The van der Waals surface area contributed by atoms with E-state index in [0.29, 0.717) is 12.1 Å². The van der Waals surface area contributed by atoms with Gasteiger partial charge < -0.3 is 5.73 Å². The Labute approximate surface area is 81.1 Å². The molecule has 0 atom stereocenters. The van der Waals surface area contributed by atoms with Crippen molar-refractivity contribution in [3.8, 4) is 0 Å². The van der Waals surface area contributed by atoms with E-state index in [-0.39, 0.29) is 11.4 Å². The number of nitroso groups, excluding NO2 is 1. The maximum absolute atomic E-state index is 11.0. The Balaban J connectivity index is 3.27. The third-order valence-electron chi connectivity index (χ3n) is 1.90. The van der Waals surface area contributed by atoms with Crippen molar-refractivity contribution in [3.63, 3.8) is 0 Å². The highest BCUT2D eigenvalue weighted by molar-refractivity contribution is 5.96. The summed E-state index contributed by atoms with van der Waals surface area (Å²) in [7, 11) is 1.56. The number of rotatable bonds is 4. The van der Waals surface area contributed by atoms with Gasteiger partial charge in [0.05, 0.1) is 5.69 Å². The van der Waals surface area contributed by atoms with Gasteiger partial charge in [-0.1, -0.05) is 13.3 Å². The zero-order valence-corrected chi connectivity index (χ0v) is 8.15. The largest absolute Gasteiger partial charge is 0.364 e. The first-order valence-corrected chi connectivity index (χ1v) is 4.30. The Morgan fingerprint density at radius 2 is 2.29 bits per heavy atom. The fraction of sp³-hybridized carbons (Fsp3) is 0.500. The van der Waals surface area contributed by atoms with Crippen molar-refractivity contribution in [3.05, 3.63) is 16.3 Å². The molecule has 0 saturated carbocycles. The standard InChI is InChI=1S/C8H12N4O2/c1-3-4-5-6(11-14)7(8(9)13)12(2)10-5/h3-4H2,1-2H3,(H2,9,13). The van der Waals surface area contributed by atoms with Gasteiger partial charge in [0.25, 0.3) is 5.91 Å². The quantitative estimate of drug-likeness (QED) is 0.724. The van der Waals surface area contributed by atoms with Gasteiger partial charge in [0.1, 0.15) is 0 Å². The molecule has 14 heavy (non-hydrogen) atoms. The molecule has 0 aliphatic rings. The molecule has 0 radical (unpaired) electrons. The monoisotopic (exact) mass is 196 g/mol.